The van der Waals surface area contributed by atoms with Gasteiger partial charge in [0.25, 0.3) is 0 Å². The lowest BCUT2D eigenvalue weighted by molar-refractivity contribution is 0.231. The molecule has 0 radical (unpaired) electrons. The Balaban J connectivity index is 2.83. The molecule has 1 aliphatic rings. The Bertz CT molecular complexity index is 520. The fraction of sp³-hybridized carbons (Fsp3) is 1.00. The molecule has 0 aromatic heterocycles. The van der Waals surface area contributed by atoms with Gasteiger partial charge in [0.2, 0.25) is 10.0 Å². The SMILES string of the molecule is CC(C)(C)NCC1CCCCN1S(=O)(=O)CS(C)(=O)=O. The number of nitrogens with zero attached hydrogens (tertiary/aromatic N) is 1. The first-order chi connectivity index (χ1) is 8.91. The van der Waals surface area contributed by atoms with Crippen LogP contribution in [0.3, 0.4) is 0 Å². The molecule has 0 saturated carbocycles. The highest BCUT2D eigenvalue weighted by Gasteiger charge is 2.34. The molecule has 1 saturated heterocycles. The molecule has 0 aromatic rings. The standard InChI is InChI=1S/C12H26N2O4S2/c1-12(2,3)13-9-11-7-5-6-8-14(11)20(17,18)10-19(4,15)16/h11,13H,5-10H2,1-4H3. The molecule has 20 heavy (non-hydrogen) atoms. The van der Waals surface area contributed by atoms with E-state index in [-0.39, 0.29) is 11.6 Å². The summed E-state index contributed by atoms with van der Waals surface area (Å²) in [5.41, 5.74) is -0.0935. The van der Waals surface area contributed by atoms with Crippen LogP contribution in [-0.2, 0) is 19.9 Å². The summed E-state index contributed by atoms with van der Waals surface area (Å²) in [6, 6.07) is -0.158. The van der Waals surface area contributed by atoms with Gasteiger partial charge in [0.15, 0.2) is 14.9 Å². The highest BCUT2D eigenvalue weighted by molar-refractivity contribution is 8.06. The molecule has 120 valence electrons. The van der Waals surface area contributed by atoms with Crippen LogP contribution in [0.2, 0.25) is 0 Å². The third kappa shape index (κ3) is 6.07. The predicted octanol–water partition coefficient (Wildman–Crippen LogP) is 0.561. The molecule has 0 bridgehead atoms. The number of hydrogen-bond donors (Lipinski definition) is 1. The maximum absolute atomic E-state index is 12.3. The van der Waals surface area contributed by atoms with Crippen molar-refractivity contribution >= 4 is 19.9 Å². The first-order valence-corrected chi connectivity index (χ1v) is 10.5. The number of rotatable bonds is 5. The smallest absolute Gasteiger partial charge is 0.228 e. The fourth-order valence-electron chi connectivity index (χ4n) is 2.31. The lowest BCUT2D eigenvalue weighted by Crippen LogP contribution is -2.52. The molecule has 1 rings (SSSR count). The molecule has 1 aliphatic heterocycles. The number of piperidine rings is 1. The quantitative estimate of drug-likeness (QED) is 0.798. The Labute approximate surface area is 122 Å². The van der Waals surface area contributed by atoms with E-state index in [1.165, 1.54) is 4.31 Å². The molecule has 6 nitrogen and oxygen atoms in total. The topological polar surface area (TPSA) is 83.6 Å². The van der Waals surface area contributed by atoms with Crippen LogP contribution in [0.25, 0.3) is 0 Å². The summed E-state index contributed by atoms with van der Waals surface area (Å²) in [5.74, 6) is 0. The van der Waals surface area contributed by atoms with E-state index in [2.05, 4.69) is 5.32 Å². The van der Waals surface area contributed by atoms with Gasteiger partial charge in [0.1, 0.15) is 0 Å². The largest absolute Gasteiger partial charge is 0.310 e. The van der Waals surface area contributed by atoms with E-state index in [9.17, 15) is 16.8 Å². The molecule has 1 heterocycles. The number of nitrogens with one attached hydrogen (secondary N) is 1. The van der Waals surface area contributed by atoms with Gasteiger partial charge in [-0.25, -0.2) is 16.8 Å². The van der Waals surface area contributed by atoms with Crippen molar-refractivity contribution in [3.8, 4) is 0 Å². The van der Waals surface area contributed by atoms with E-state index in [4.69, 9.17) is 0 Å². The lowest BCUT2D eigenvalue weighted by Gasteiger charge is -2.36. The maximum atomic E-state index is 12.3. The minimum absolute atomic E-state index is 0.0935. The van der Waals surface area contributed by atoms with Crippen molar-refractivity contribution in [2.45, 2.75) is 51.6 Å². The second kappa shape index (κ2) is 6.29. The van der Waals surface area contributed by atoms with Gasteiger partial charge in [-0.1, -0.05) is 6.42 Å². The third-order valence-corrected chi connectivity index (χ3v) is 7.26. The predicted molar refractivity (Wildman–Crippen MR) is 80.7 cm³/mol. The van der Waals surface area contributed by atoms with E-state index in [1.54, 1.807) is 0 Å². The molecule has 1 atom stereocenters. The van der Waals surface area contributed by atoms with E-state index in [1.807, 2.05) is 20.8 Å². The Kier molecular flexibility index (Phi) is 5.62. The zero-order valence-corrected chi connectivity index (χ0v) is 14.3. The second-order valence-corrected chi connectivity index (χ2v) is 11.0. The number of sulfonamides is 1. The van der Waals surface area contributed by atoms with Gasteiger partial charge >= 0.3 is 0 Å². The first-order valence-electron chi connectivity index (χ1n) is 6.83. The summed E-state index contributed by atoms with van der Waals surface area (Å²) in [6.07, 6.45) is 3.49. The maximum Gasteiger partial charge on any atom is 0.228 e. The Morgan fingerprint density at radius 3 is 2.25 bits per heavy atom. The van der Waals surface area contributed by atoms with Crippen LogP contribution < -0.4 is 5.32 Å². The van der Waals surface area contributed by atoms with Crippen molar-refractivity contribution in [2.24, 2.45) is 0 Å². The van der Waals surface area contributed by atoms with Crippen LogP contribution in [0.5, 0.6) is 0 Å². The number of sulfone groups is 1. The zero-order chi connectivity index (χ0) is 15.6. The van der Waals surface area contributed by atoms with E-state index >= 15 is 0 Å². The summed E-state index contributed by atoms with van der Waals surface area (Å²) >= 11 is 0. The normalized spacial score (nSPS) is 22.9. The number of hydrogen-bond acceptors (Lipinski definition) is 5. The van der Waals surface area contributed by atoms with Crippen molar-refractivity contribution in [3.05, 3.63) is 0 Å². The van der Waals surface area contributed by atoms with Gasteiger partial charge in [-0.3, -0.25) is 0 Å². The molecule has 0 spiro atoms. The van der Waals surface area contributed by atoms with Gasteiger partial charge in [-0.05, 0) is 33.6 Å². The minimum Gasteiger partial charge on any atom is -0.310 e. The highest BCUT2D eigenvalue weighted by Crippen LogP contribution is 2.21. The molecule has 1 N–H and O–H groups in total. The summed E-state index contributed by atoms with van der Waals surface area (Å²) in [7, 11) is -7.30. The summed E-state index contributed by atoms with van der Waals surface area (Å²) in [5, 5.41) is 2.50. The average Bonchev–Trinajstić information content (AvgIpc) is 2.22. The van der Waals surface area contributed by atoms with Crippen molar-refractivity contribution in [3.63, 3.8) is 0 Å². The Morgan fingerprint density at radius 1 is 1.15 bits per heavy atom. The molecule has 8 heteroatoms. The van der Waals surface area contributed by atoms with E-state index in [0.29, 0.717) is 13.1 Å². The average molecular weight is 326 g/mol. The van der Waals surface area contributed by atoms with Gasteiger partial charge in [0.05, 0.1) is 0 Å². The van der Waals surface area contributed by atoms with Crippen molar-refractivity contribution < 1.29 is 16.8 Å². The van der Waals surface area contributed by atoms with Gasteiger partial charge in [-0.15, -0.1) is 0 Å². The van der Waals surface area contributed by atoms with Gasteiger partial charge < -0.3 is 5.32 Å². The molecule has 1 unspecified atom stereocenters. The molecule has 0 aliphatic carbocycles. The first kappa shape index (κ1) is 17.9. The molecular weight excluding hydrogens is 300 g/mol. The molecular formula is C12H26N2O4S2. The fourth-order valence-corrected chi connectivity index (χ4v) is 6.05. The van der Waals surface area contributed by atoms with Crippen LogP contribution >= 0.6 is 0 Å². The van der Waals surface area contributed by atoms with Crippen LogP contribution in [0.1, 0.15) is 40.0 Å². The zero-order valence-electron chi connectivity index (χ0n) is 12.7. The van der Waals surface area contributed by atoms with Crippen molar-refractivity contribution in [1.82, 2.24) is 9.62 Å². The van der Waals surface area contributed by atoms with Crippen LogP contribution in [0, 0.1) is 0 Å². The van der Waals surface area contributed by atoms with Gasteiger partial charge in [-0.2, -0.15) is 4.31 Å². The van der Waals surface area contributed by atoms with E-state index < -0.39 is 24.9 Å². The van der Waals surface area contributed by atoms with Gasteiger partial charge in [0, 0.05) is 30.9 Å². The van der Waals surface area contributed by atoms with Crippen LogP contribution in [0.15, 0.2) is 0 Å². The molecule has 0 amide bonds. The van der Waals surface area contributed by atoms with Crippen LogP contribution in [0.4, 0.5) is 0 Å². The Hall–Kier alpha value is -0.180. The van der Waals surface area contributed by atoms with Crippen molar-refractivity contribution in [1.29, 1.82) is 0 Å². The van der Waals surface area contributed by atoms with E-state index in [0.717, 1.165) is 25.5 Å². The van der Waals surface area contributed by atoms with Crippen LogP contribution in [-0.4, -0.2) is 57.2 Å². The summed E-state index contributed by atoms with van der Waals surface area (Å²) in [4.78, 5) is 0. The summed E-state index contributed by atoms with van der Waals surface area (Å²) in [6.45, 7) is 7.02. The summed E-state index contributed by atoms with van der Waals surface area (Å²) < 4.78 is 48.5. The molecule has 1 fully saturated rings. The lowest BCUT2D eigenvalue weighted by atomic mass is 10.0. The monoisotopic (exact) mass is 326 g/mol. The highest BCUT2D eigenvalue weighted by atomic mass is 32.3. The van der Waals surface area contributed by atoms with Crippen molar-refractivity contribution in [2.75, 3.05) is 24.4 Å². The Morgan fingerprint density at radius 2 is 1.75 bits per heavy atom. The molecule has 0 aromatic carbocycles. The minimum atomic E-state index is -3.75. The third-order valence-electron chi connectivity index (χ3n) is 3.16. The second-order valence-electron chi connectivity index (χ2n) is 6.55.